The summed E-state index contributed by atoms with van der Waals surface area (Å²) >= 11 is 0. The molecule has 0 unspecified atom stereocenters. The Bertz CT molecular complexity index is 184. The molecule has 0 aliphatic rings. The van der Waals surface area contributed by atoms with Gasteiger partial charge < -0.3 is 19.9 Å². The fraction of sp³-hybridized carbons (Fsp3) is 0.909. The maximum absolute atomic E-state index is 11.5. The molecule has 0 aromatic heterocycles. The lowest BCUT2D eigenvalue weighted by Crippen LogP contribution is -2.51. The SMILES string of the molecule is CCC(CC)(CO)NC(=O)COCCOC. The average molecular weight is 233 g/mol. The Morgan fingerprint density at radius 1 is 1.31 bits per heavy atom. The van der Waals surface area contributed by atoms with Crippen molar-refractivity contribution in [3.05, 3.63) is 0 Å². The number of amides is 1. The Morgan fingerprint density at radius 3 is 2.38 bits per heavy atom. The number of carbonyl (C=O) groups excluding carboxylic acids is 1. The highest BCUT2D eigenvalue weighted by Crippen LogP contribution is 2.13. The van der Waals surface area contributed by atoms with Crippen LogP contribution in [-0.2, 0) is 14.3 Å². The van der Waals surface area contributed by atoms with Gasteiger partial charge >= 0.3 is 0 Å². The first kappa shape index (κ1) is 15.3. The highest BCUT2D eigenvalue weighted by Gasteiger charge is 2.26. The van der Waals surface area contributed by atoms with Crippen LogP contribution >= 0.6 is 0 Å². The summed E-state index contributed by atoms with van der Waals surface area (Å²) in [6.45, 7) is 4.70. The van der Waals surface area contributed by atoms with Crippen LogP contribution in [0.25, 0.3) is 0 Å². The second-order valence-corrected chi connectivity index (χ2v) is 3.74. The lowest BCUT2D eigenvalue weighted by Gasteiger charge is -2.30. The van der Waals surface area contributed by atoms with Crippen LogP contribution in [0.3, 0.4) is 0 Å². The van der Waals surface area contributed by atoms with Crippen molar-refractivity contribution >= 4 is 5.91 Å². The summed E-state index contributed by atoms with van der Waals surface area (Å²) in [6, 6.07) is 0. The van der Waals surface area contributed by atoms with Crippen molar-refractivity contribution in [2.24, 2.45) is 0 Å². The molecular weight excluding hydrogens is 210 g/mol. The van der Waals surface area contributed by atoms with Gasteiger partial charge in [-0.3, -0.25) is 4.79 Å². The maximum atomic E-state index is 11.5. The molecule has 0 saturated carbocycles. The molecule has 0 saturated heterocycles. The Morgan fingerprint density at radius 2 is 1.94 bits per heavy atom. The lowest BCUT2D eigenvalue weighted by molar-refractivity contribution is -0.128. The van der Waals surface area contributed by atoms with Gasteiger partial charge in [-0.15, -0.1) is 0 Å². The standard InChI is InChI=1S/C11H23NO4/c1-4-11(5-2,9-13)12-10(14)8-16-7-6-15-3/h13H,4-9H2,1-3H3,(H,12,14). The van der Waals surface area contributed by atoms with E-state index in [0.29, 0.717) is 26.1 Å². The van der Waals surface area contributed by atoms with E-state index in [1.807, 2.05) is 13.8 Å². The quantitative estimate of drug-likeness (QED) is 0.563. The van der Waals surface area contributed by atoms with Crippen molar-refractivity contribution in [1.29, 1.82) is 0 Å². The van der Waals surface area contributed by atoms with E-state index in [9.17, 15) is 9.90 Å². The number of aliphatic hydroxyl groups excluding tert-OH is 1. The van der Waals surface area contributed by atoms with Crippen molar-refractivity contribution in [3.63, 3.8) is 0 Å². The highest BCUT2D eigenvalue weighted by atomic mass is 16.5. The van der Waals surface area contributed by atoms with Crippen molar-refractivity contribution in [1.82, 2.24) is 5.32 Å². The van der Waals surface area contributed by atoms with E-state index >= 15 is 0 Å². The molecule has 0 bridgehead atoms. The highest BCUT2D eigenvalue weighted by molar-refractivity contribution is 5.78. The second kappa shape index (κ2) is 8.50. The number of hydrogen-bond donors (Lipinski definition) is 2. The number of methoxy groups -OCH3 is 1. The number of rotatable bonds is 9. The number of ether oxygens (including phenoxy) is 2. The Kier molecular flexibility index (Phi) is 8.15. The summed E-state index contributed by atoms with van der Waals surface area (Å²) < 4.78 is 9.89. The summed E-state index contributed by atoms with van der Waals surface area (Å²) in [6.07, 6.45) is 1.40. The minimum Gasteiger partial charge on any atom is -0.394 e. The molecule has 0 aliphatic heterocycles. The summed E-state index contributed by atoms with van der Waals surface area (Å²) in [4.78, 5) is 11.5. The average Bonchev–Trinajstić information content (AvgIpc) is 2.32. The van der Waals surface area contributed by atoms with Crippen LogP contribution in [0.1, 0.15) is 26.7 Å². The molecular formula is C11H23NO4. The number of hydrogen-bond acceptors (Lipinski definition) is 4. The molecule has 0 heterocycles. The normalized spacial score (nSPS) is 11.5. The van der Waals surface area contributed by atoms with E-state index in [4.69, 9.17) is 9.47 Å². The topological polar surface area (TPSA) is 67.8 Å². The van der Waals surface area contributed by atoms with Gasteiger partial charge in [-0.25, -0.2) is 0 Å². The van der Waals surface area contributed by atoms with Crippen LogP contribution in [0.2, 0.25) is 0 Å². The van der Waals surface area contributed by atoms with Crippen LogP contribution in [0.15, 0.2) is 0 Å². The lowest BCUT2D eigenvalue weighted by atomic mass is 9.94. The van der Waals surface area contributed by atoms with Crippen LogP contribution < -0.4 is 5.32 Å². The molecule has 0 radical (unpaired) electrons. The zero-order chi connectivity index (χ0) is 12.4. The first-order valence-corrected chi connectivity index (χ1v) is 5.62. The van der Waals surface area contributed by atoms with Gasteiger partial charge in [0.1, 0.15) is 6.61 Å². The molecule has 16 heavy (non-hydrogen) atoms. The molecule has 0 aromatic carbocycles. The van der Waals surface area contributed by atoms with Crippen LogP contribution in [0, 0.1) is 0 Å². The monoisotopic (exact) mass is 233 g/mol. The fourth-order valence-corrected chi connectivity index (χ4v) is 1.33. The molecule has 5 nitrogen and oxygen atoms in total. The molecule has 96 valence electrons. The van der Waals surface area contributed by atoms with E-state index in [1.165, 1.54) is 0 Å². The van der Waals surface area contributed by atoms with Gasteiger partial charge in [-0.05, 0) is 12.8 Å². The second-order valence-electron chi connectivity index (χ2n) is 3.74. The molecule has 0 fully saturated rings. The van der Waals surface area contributed by atoms with E-state index in [2.05, 4.69) is 5.32 Å². The van der Waals surface area contributed by atoms with Gasteiger partial charge in [0.05, 0.1) is 25.4 Å². The first-order chi connectivity index (χ1) is 7.64. The Balaban J connectivity index is 3.91. The predicted octanol–water partition coefficient (Wildman–Crippen LogP) is 0.317. The van der Waals surface area contributed by atoms with Crippen LogP contribution in [0.4, 0.5) is 0 Å². The summed E-state index contributed by atoms with van der Waals surface area (Å²) in [5.74, 6) is -0.200. The van der Waals surface area contributed by atoms with Gasteiger partial charge in [-0.2, -0.15) is 0 Å². The molecule has 5 heteroatoms. The Labute approximate surface area is 97.1 Å². The summed E-state index contributed by atoms with van der Waals surface area (Å²) in [5, 5.41) is 12.1. The predicted molar refractivity (Wildman–Crippen MR) is 61.2 cm³/mol. The molecule has 0 rings (SSSR count). The number of carbonyl (C=O) groups is 1. The molecule has 0 aromatic rings. The Hall–Kier alpha value is -0.650. The summed E-state index contributed by atoms with van der Waals surface area (Å²) in [5.41, 5.74) is -0.512. The van der Waals surface area contributed by atoms with Gasteiger partial charge in [0.25, 0.3) is 0 Å². The van der Waals surface area contributed by atoms with Gasteiger partial charge in [0.15, 0.2) is 0 Å². The van der Waals surface area contributed by atoms with Crippen LogP contribution in [-0.4, -0.2) is 50.1 Å². The van der Waals surface area contributed by atoms with Crippen LogP contribution in [0.5, 0.6) is 0 Å². The third-order valence-electron chi connectivity index (χ3n) is 2.73. The maximum Gasteiger partial charge on any atom is 0.246 e. The van der Waals surface area contributed by atoms with Crippen molar-refractivity contribution < 1.29 is 19.4 Å². The van der Waals surface area contributed by atoms with Gasteiger partial charge in [-0.1, -0.05) is 13.8 Å². The van der Waals surface area contributed by atoms with E-state index in [0.717, 1.165) is 0 Å². The first-order valence-electron chi connectivity index (χ1n) is 5.62. The van der Waals surface area contributed by atoms with Crippen molar-refractivity contribution in [2.75, 3.05) is 33.5 Å². The zero-order valence-electron chi connectivity index (χ0n) is 10.4. The van der Waals surface area contributed by atoms with Crippen molar-refractivity contribution in [3.8, 4) is 0 Å². The zero-order valence-corrected chi connectivity index (χ0v) is 10.4. The van der Waals surface area contributed by atoms with E-state index < -0.39 is 5.54 Å². The molecule has 0 atom stereocenters. The molecule has 0 aliphatic carbocycles. The fourth-order valence-electron chi connectivity index (χ4n) is 1.33. The number of nitrogens with one attached hydrogen (secondary N) is 1. The smallest absolute Gasteiger partial charge is 0.246 e. The minimum absolute atomic E-state index is 0.00507. The molecule has 0 spiro atoms. The minimum atomic E-state index is -0.512. The van der Waals surface area contributed by atoms with Gasteiger partial charge in [0, 0.05) is 7.11 Å². The van der Waals surface area contributed by atoms with Gasteiger partial charge in [0.2, 0.25) is 5.91 Å². The molecule has 2 N–H and O–H groups in total. The summed E-state index contributed by atoms with van der Waals surface area (Å²) in [7, 11) is 1.58. The number of aliphatic hydroxyl groups is 1. The van der Waals surface area contributed by atoms with E-state index in [-0.39, 0.29) is 19.1 Å². The third kappa shape index (κ3) is 5.44. The van der Waals surface area contributed by atoms with Crippen molar-refractivity contribution in [2.45, 2.75) is 32.2 Å². The van der Waals surface area contributed by atoms with E-state index in [1.54, 1.807) is 7.11 Å². The third-order valence-corrected chi connectivity index (χ3v) is 2.73. The largest absolute Gasteiger partial charge is 0.394 e. The molecule has 1 amide bonds.